The molecule has 0 saturated heterocycles. The van der Waals surface area contributed by atoms with Crippen LogP contribution in [0.4, 0.5) is 10.1 Å². The van der Waals surface area contributed by atoms with Crippen LogP contribution in [0.15, 0.2) is 24.3 Å². The van der Waals surface area contributed by atoms with Crippen LogP contribution in [-0.2, 0) is 4.79 Å². The average molecular weight is 265 g/mol. The number of carbonyl (C=O) groups excluding carboxylic acids is 1. The first-order chi connectivity index (χ1) is 8.85. The molecular weight excluding hydrogens is 241 g/mol. The zero-order chi connectivity index (χ0) is 14.5. The summed E-state index contributed by atoms with van der Waals surface area (Å²) >= 11 is 0. The second-order valence-corrected chi connectivity index (χ2v) is 6.09. The summed E-state index contributed by atoms with van der Waals surface area (Å²) in [5.74, 6) is -0.341. The van der Waals surface area contributed by atoms with Gasteiger partial charge in [0.1, 0.15) is 5.82 Å². The normalized spacial score (nSPS) is 11.4. The van der Waals surface area contributed by atoms with Crippen molar-refractivity contribution in [3.05, 3.63) is 30.1 Å². The monoisotopic (exact) mass is 265 g/mol. The molecule has 1 aromatic carbocycles. The van der Waals surface area contributed by atoms with Crippen molar-refractivity contribution in [1.29, 1.82) is 0 Å². The van der Waals surface area contributed by atoms with Gasteiger partial charge in [0.15, 0.2) is 0 Å². The zero-order valence-electron chi connectivity index (χ0n) is 12.4. The predicted octanol–water partition coefficient (Wildman–Crippen LogP) is 4.40. The lowest BCUT2D eigenvalue weighted by Crippen LogP contribution is -2.35. The lowest BCUT2D eigenvalue weighted by atomic mass is 9.91. The van der Waals surface area contributed by atoms with E-state index in [0.717, 1.165) is 12.8 Å². The van der Waals surface area contributed by atoms with Crippen molar-refractivity contribution in [1.82, 2.24) is 0 Å². The topological polar surface area (TPSA) is 20.3 Å². The van der Waals surface area contributed by atoms with Crippen LogP contribution >= 0.6 is 0 Å². The number of anilines is 1. The molecule has 2 nitrogen and oxygen atoms in total. The molecule has 0 aromatic heterocycles. The van der Waals surface area contributed by atoms with Crippen molar-refractivity contribution in [3.8, 4) is 0 Å². The van der Waals surface area contributed by atoms with Crippen LogP contribution in [0.3, 0.4) is 0 Å². The van der Waals surface area contributed by atoms with Gasteiger partial charge in [-0.1, -0.05) is 46.2 Å². The molecule has 0 radical (unpaired) electrons. The molecule has 0 N–H and O–H groups in total. The van der Waals surface area contributed by atoms with E-state index in [2.05, 4.69) is 6.92 Å². The summed E-state index contributed by atoms with van der Waals surface area (Å²) in [5.41, 5.74) is 0.303. The van der Waals surface area contributed by atoms with Gasteiger partial charge in [0.2, 0.25) is 5.91 Å². The largest absolute Gasteiger partial charge is 0.310 e. The maximum Gasteiger partial charge on any atom is 0.227 e. The highest BCUT2D eigenvalue weighted by molar-refractivity contribution is 5.93. The van der Waals surface area contributed by atoms with Gasteiger partial charge in [-0.3, -0.25) is 4.79 Å². The maximum atomic E-state index is 13.9. The number of hydrogen-bond acceptors (Lipinski definition) is 1. The van der Waals surface area contributed by atoms with Crippen LogP contribution in [0.1, 0.15) is 47.0 Å². The molecule has 0 saturated carbocycles. The first kappa shape index (κ1) is 15.7. The number of rotatable bonds is 5. The van der Waals surface area contributed by atoms with Gasteiger partial charge in [0.05, 0.1) is 5.69 Å². The van der Waals surface area contributed by atoms with Crippen LogP contribution in [0.5, 0.6) is 0 Å². The van der Waals surface area contributed by atoms with E-state index in [0.29, 0.717) is 18.7 Å². The molecule has 0 aliphatic rings. The fourth-order valence-corrected chi connectivity index (χ4v) is 1.92. The smallest absolute Gasteiger partial charge is 0.227 e. The van der Waals surface area contributed by atoms with E-state index in [9.17, 15) is 9.18 Å². The van der Waals surface area contributed by atoms with Gasteiger partial charge in [-0.15, -0.1) is 0 Å². The second kappa shape index (κ2) is 6.69. The Labute approximate surface area is 115 Å². The van der Waals surface area contributed by atoms with Crippen molar-refractivity contribution in [2.75, 3.05) is 11.4 Å². The fraction of sp³-hybridized carbons (Fsp3) is 0.562. The molecule has 1 aromatic rings. The fourth-order valence-electron chi connectivity index (χ4n) is 1.92. The third kappa shape index (κ3) is 5.01. The molecule has 106 valence electrons. The molecule has 0 fully saturated rings. The van der Waals surface area contributed by atoms with E-state index in [1.165, 1.54) is 6.07 Å². The number of hydrogen-bond donors (Lipinski definition) is 0. The molecule has 19 heavy (non-hydrogen) atoms. The Morgan fingerprint density at radius 3 is 2.42 bits per heavy atom. The molecule has 0 aliphatic carbocycles. The maximum absolute atomic E-state index is 13.9. The lowest BCUT2D eigenvalue weighted by molar-refractivity contribution is -0.120. The minimum absolute atomic E-state index is 0.00829. The Bertz CT molecular complexity index is 423. The lowest BCUT2D eigenvalue weighted by Gasteiger charge is -2.27. The first-order valence-electron chi connectivity index (χ1n) is 6.90. The van der Waals surface area contributed by atoms with Crippen LogP contribution < -0.4 is 4.90 Å². The van der Waals surface area contributed by atoms with Gasteiger partial charge in [-0.25, -0.2) is 4.39 Å². The Morgan fingerprint density at radius 2 is 1.89 bits per heavy atom. The summed E-state index contributed by atoms with van der Waals surface area (Å²) in [7, 11) is 0. The third-order valence-corrected chi connectivity index (χ3v) is 2.86. The summed E-state index contributed by atoms with van der Waals surface area (Å²) < 4.78 is 13.9. The number of para-hydroxylation sites is 1. The molecule has 0 heterocycles. The highest BCUT2D eigenvalue weighted by atomic mass is 19.1. The summed E-state index contributed by atoms with van der Waals surface area (Å²) in [5, 5.41) is 0. The SMILES string of the molecule is CCCCN(C(=O)CC(C)(C)C)c1ccccc1F. The molecule has 0 bridgehead atoms. The predicted molar refractivity (Wildman–Crippen MR) is 77.7 cm³/mol. The van der Waals surface area contributed by atoms with E-state index in [1.807, 2.05) is 20.8 Å². The van der Waals surface area contributed by atoms with Crippen LogP contribution in [0, 0.1) is 11.2 Å². The highest BCUT2D eigenvalue weighted by Crippen LogP contribution is 2.25. The quantitative estimate of drug-likeness (QED) is 0.773. The zero-order valence-corrected chi connectivity index (χ0v) is 12.4. The van der Waals surface area contributed by atoms with Crippen molar-refractivity contribution < 1.29 is 9.18 Å². The number of unbranched alkanes of at least 4 members (excludes halogenated alkanes) is 1. The summed E-state index contributed by atoms with van der Waals surface area (Å²) in [4.78, 5) is 14.0. The van der Waals surface area contributed by atoms with Crippen molar-refractivity contribution >= 4 is 11.6 Å². The summed E-state index contributed by atoms with van der Waals surface area (Å²) in [6.45, 7) is 8.69. The van der Waals surface area contributed by atoms with Gasteiger partial charge in [0.25, 0.3) is 0 Å². The summed E-state index contributed by atoms with van der Waals surface area (Å²) in [6.07, 6.45) is 2.28. The molecule has 0 aliphatic heterocycles. The van der Waals surface area contributed by atoms with E-state index >= 15 is 0 Å². The Morgan fingerprint density at radius 1 is 1.26 bits per heavy atom. The molecule has 1 amide bonds. The summed E-state index contributed by atoms with van der Waals surface area (Å²) in [6, 6.07) is 6.48. The van der Waals surface area contributed by atoms with Crippen molar-refractivity contribution in [2.24, 2.45) is 5.41 Å². The second-order valence-electron chi connectivity index (χ2n) is 6.09. The van der Waals surface area contributed by atoms with Gasteiger partial charge in [-0.2, -0.15) is 0 Å². The third-order valence-electron chi connectivity index (χ3n) is 2.86. The molecule has 0 unspecified atom stereocenters. The minimum Gasteiger partial charge on any atom is -0.310 e. The van der Waals surface area contributed by atoms with Gasteiger partial charge < -0.3 is 4.90 Å². The van der Waals surface area contributed by atoms with Gasteiger partial charge in [-0.05, 0) is 24.0 Å². The van der Waals surface area contributed by atoms with Crippen molar-refractivity contribution in [3.63, 3.8) is 0 Å². The Hall–Kier alpha value is -1.38. The minimum atomic E-state index is -0.333. The van der Waals surface area contributed by atoms with E-state index in [-0.39, 0.29) is 17.1 Å². The number of halogens is 1. The molecule has 0 atom stereocenters. The molecule has 0 spiro atoms. The molecular formula is C16H24FNO. The standard InChI is InChI=1S/C16H24FNO/c1-5-6-11-18(15(19)12-16(2,3)4)14-10-8-7-9-13(14)17/h7-10H,5-6,11-12H2,1-4H3. The number of benzene rings is 1. The molecule has 1 rings (SSSR count). The Kier molecular flexibility index (Phi) is 5.52. The first-order valence-corrected chi connectivity index (χ1v) is 6.90. The van der Waals surface area contributed by atoms with E-state index in [4.69, 9.17) is 0 Å². The van der Waals surface area contributed by atoms with Gasteiger partial charge in [0, 0.05) is 13.0 Å². The number of amides is 1. The molecule has 3 heteroatoms. The average Bonchev–Trinajstić information content (AvgIpc) is 2.29. The van der Waals surface area contributed by atoms with Crippen LogP contribution in [0.2, 0.25) is 0 Å². The van der Waals surface area contributed by atoms with Crippen LogP contribution in [-0.4, -0.2) is 12.5 Å². The number of nitrogens with zero attached hydrogens (tertiary/aromatic N) is 1. The van der Waals surface area contributed by atoms with Crippen molar-refractivity contribution in [2.45, 2.75) is 47.0 Å². The van der Waals surface area contributed by atoms with Crippen LogP contribution in [0.25, 0.3) is 0 Å². The van der Waals surface area contributed by atoms with E-state index < -0.39 is 0 Å². The van der Waals surface area contributed by atoms with E-state index in [1.54, 1.807) is 23.1 Å². The van der Waals surface area contributed by atoms with Gasteiger partial charge >= 0.3 is 0 Å². The Balaban J connectivity index is 2.95. The highest BCUT2D eigenvalue weighted by Gasteiger charge is 2.23. The number of carbonyl (C=O) groups is 1.